The number of esters is 2. The van der Waals surface area contributed by atoms with Crippen LogP contribution in [-0.4, -0.2) is 24.1 Å². The summed E-state index contributed by atoms with van der Waals surface area (Å²) in [5.74, 6) is -0.382. The van der Waals surface area contributed by atoms with Crippen LogP contribution in [0.15, 0.2) is 36.4 Å². The summed E-state index contributed by atoms with van der Waals surface area (Å²) in [4.78, 5) is 25.0. The standard InChI is InChI=1S/C29H42O4/c1-10-28(6,7)19-29(8,9)17-20(2)18-32-25(30)23-13-11-22-16-24(14-12-21(22)15-23)26(31)33-27(3,4)5/h11-16,20H,10,17-19H2,1-9H3. The summed E-state index contributed by atoms with van der Waals surface area (Å²) in [5, 5.41) is 1.76. The van der Waals surface area contributed by atoms with Gasteiger partial charge in [-0.3, -0.25) is 0 Å². The van der Waals surface area contributed by atoms with Crippen molar-refractivity contribution in [1.82, 2.24) is 0 Å². The van der Waals surface area contributed by atoms with E-state index in [0.717, 1.165) is 30.0 Å². The molecule has 2 aromatic carbocycles. The number of benzene rings is 2. The van der Waals surface area contributed by atoms with Crippen molar-refractivity contribution >= 4 is 22.7 Å². The number of carbonyl (C=O) groups excluding carboxylic acids is 2. The van der Waals surface area contributed by atoms with Crippen LogP contribution in [0.2, 0.25) is 0 Å². The molecule has 0 fully saturated rings. The van der Waals surface area contributed by atoms with Gasteiger partial charge >= 0.3 is 11.9 Å². The summed E-state index contributed by atoms with van der Waals surface area (Å²) in [7, 11) is 0. The molecule has 2 rings (SSSR count). The summed E-state index contributed by atoms with van der Waals surface area (Å²) in [5.41, 5.74) is 0.980. The van der Waals surface area contributed by atoms with Crippen molar-refractivity contribution in [2.24, 2.45) is 16.7 Å². The minimum Gasteiger partial charge on any atom is -0.462 e. The van der Waals surface area contributed by atoms with E-state index in [1.165, 1.54) is 0 Å². The lowest BCUT2D eigenvalue weighted by Crippen LogP contribution is -2.26. The summed E-state index contributed by atoms with van der Waals surface area (Å²) < 4.78 is 11.1. The second-order valence-corrected chi connectivity index (χ2v) is 12.0. The van der Waals surface area contributed by atoms with Crippen LogP contribution in [0.25, 0.3) is 10.8 Å². The van der Waals surface area contributed by atoms with Crippen molar-refractivity contribution in [3.63, 3.8) is 0 Å². The van der Waals surface area contributed by atoms with Gasteiger partial charge in [-0.2, -0.15) is 0 Å². The van der Waals surface area contributed by atoms with E-state index >= 15 is 0 Å². The molecule has 0 aliphatic rings. The van der Waals surface area contributed by atoms with E-state index in [9.17, 15) is 9.59 Å². The maximum Gasteiger partial charge on any atom is 0.338 e. The third kappa shape index (κ3) is 8.49. The molecule has 182 valence electrons. The molecule has 1 atom stereocenters. The Bertz CT molecular complexity index is 979. The lowest BCUT2D eigenvalue weighted by molar-refractivity contribution is 0.00694. The Labute approximate surface area is 200 Å². The van der Waals surface area contributed by atoms with Crippen molar-refractivity contribution in [3.8, 4) is 0 Å². The first-order valence-electron chi connectivity index (χ1n) is 12.1. The highest BCUT2D eigenvalue weighted by atomic mass is 16.6. The van der Waals surface area contributed by atoms with Crippen LogP contribution in [0.1, 0.15) is 102 Å². The zero-order chi connectivity index (χ0) is 25.0. The molecule has 4 heteroatoms. The van der Waals surface area contributed by atoms with Gasteiger partial charge in [-0.1, -0.05) is 60.1 Å². The molecular weight excluding hydrogens is 412 g/mol. The lowest BCUT2D eigenvalue weighted by atomic mass is 9.70. The smallest absolute Gasteiger partial charge is 0.338 e. The number of rotatable bonds is 9. The van der Waals surface area contributed by atoms with Crippen molar-refractivity contribution in [2.75, 3.05) is 6.61 Å². The van der Waals surface area contributed by atoms with Gasteiger partial charge in [-0.05, 0) is 85.4 Å². The van der Waals surface area contributed by atoms with Gasteiger partial charge in [0.05, 0.1) is 17.7 Å². The zero-order valence-electron chi connectivity index (χ0n) is 22.0. The molecule has 0 bridgehead atoms. The number of hydrogen-bond acceptors (Lipinski definition) is 4. The first-order chi connectivity index (χ1) is 15.1. The molecule has 2 aromatic rings. The predicted octanol–water partition coefficient (Wildman–Crippen LogP) is 7.83. The highest BCUT2D eigenvalue weighted by Crippen LogP contribution is 2.40. The number of ether oxygens (including phenoxy) is 2. The highest BCUT2D eigenvalue weighted by Gasteiger charge is 2.29. The largest absolute Gasteiger partial charge is 0.462 e. The first kappa shape index (κ1) is 26.9. The molecule has 0 radical (unpaired) electrons. The van der Waals surface area contributed by atoms with Crippen molar-refractivity contribution in [2.45, 2.75) is 87.2 Å². The molecule has 0 saturated heterocycles. The molecule has 4 nitrogen and oxygen atoms in total. The number of carbonyl (C=O) groups is 2. The summed E-state index contributed by atoms with van der Waals surface area (Å²) in [6.45, 7) is 19.6. The number of fused-ring (bicyclic) bond motifs is 1. The van der Waals surface area contributed by atoms with Gasteiger partial charge in [0.2, 0.25) is 0 Å². The molecule has 0 N–H and O–H groups in total. The van der Waals surface area contributed by atoms with Crippen molar-refractivity contribution < 1.29 is 19.1 Å². The molecule has 0 aliphatic carbocycles. The minimum atomic E-state index is -0.543. The third-order valence-corrected chi connectivity index (χ3v) is 6.02. The second kappa shape index (κ2) is 10.3. The van der Waals surface area contributed by atoms with E-state index in [2.05, 4.69) is 41.5 Å². The average molecular weight is 455 g/mol. The van der Waals surface area contributed by atoms with Gasteiger partial charge in [-0.15, -0.1) is 0 Å². The van der Waals surface area contributed by atoms with E-state index in [0.29, 0.717) is 23.1 Å². The van der Waals surface area contributed by atoms with Crippen LogP contribution in [-0.2, 0) is 9.47 Å². The molecule has 0 aliphatic heterocycles. The number of hydrogen-bond donors (Lipinski definition) is 0. The Morgan fingerprint density at radius 1 is 0.818 bits per heavy atom. The van der Waals surface area contributed by atoms with E-state index in [1.807, 2.05) is 39.0 Å². The van der Waals surface area contributed by atoms with Gasteiger partial charge in [-0.25, -0.2) is 9.59 Å². The maximum atomic E-state index is 12.7. The monoisotopic (exact) mass is 454 g/mol. The molecule has 0 spiro atoms. The van der Waals surface area contributed by atoms with Crippen LogP contribution in [0, 0.1) is 16.7 Å². The van der Waals surface area contributed by atoms with Gasteiger partial charge in [0.15, 0.2) is 0 Å². The molecule has 0 saturated carbocycles. The van der Waals surface area contributed by atoms with E-state index in [1.54, 1.807) is 18.2 Å². The minimum absolute atomic E-state index is 0.195. The summed E-state index contributed by atoms with van der Waals surface area (Å²) in [6, 6.07) is 10.8. The summed E-state index contributed by atoms with van der Waals surface area (Å²) in [6.07, 6.45) is 3.31. The Morgan fingerprint density at radius 2 is 1.33 bits per heavy atom. The first-order valence-corrected chi connectivity index (χ1v) is 12.1. The predicted molar refractivity (Wildman–Crippen MR) is 136 cm³/mol. The van der Waals surface area contributed by atoms with Crippen LogP contribution < -0.4 is 0 Å². The fourth-order valence-corrected chi connectivity index (χ4v) is 4.63. The van der Waals surface area contributed by atoms with E-state index in [-0.39, 0.29) is 23.3 Å². The van der Waals surface area contributed by atoms with Crippen molar-refractivity contribution in [3.05, 3.63) is 47.5 Å². The maximum absolute atomic E-state index is 12.7. The Morgan fingerprint density at radius 3 is 1.82 bits per heavy atom. The van der Waals surface area contributed by atoms with Gasteiger partial charge in [0.1, 0.15) is 5.60 Å². The van der Waals surface area contributed by atoms with Crippen LogP contribution >= 0.6 is 0 Å². The Balaban J connectivity index is 2.00. The van der Waals surface area contributed by atoms with Crippen LogP contribution in [0.3, 0.4) is 0 Å². The fraction of sp³-hybridized carbons (Fsp3) is 0.586. The van der Waals surface area contributed by atoms with Crippen LogP contribution in [0.4, 0.5) is 0 Å². The Hall–Kier alpha value is -2.36. The molecule has 1 unspecified atom stereocenters. The quantitative estimate of drug-likeness (QED) is 0.362. The van der Waals surface area contributed by atoms with Gasteiger partial charge in [0, 0.05) is 0 Å². The SMILES string of the molecule is CCC(C)(C)CC(C)(C)CC(C)COC(=O)c1ccc2cc(C(=O)OC(C)(C)C)ccc2c1. The lowest BCUT2D eigenvalue weighted by Gasteiger charge is -2.36. The molecule has 0 amide bonds. The van der Waals surface area contributed by atoms with Gasteiger partial charge < -0.3 is 9.47 Å². The van der Waals surface area contributed by atoms with E-state index < -0.39 is 5.60 Å². The second-order valence-electron chi connectivity index (χ2n) is 12.0. The summed E-state index contributed by atoms with van der Waals surface area (Å²) >= 11 is 0. The average Bonchev–Trinajstić information content (AvgIpc) is 2.68. The Kier molecular flexibility index (Phi) is 8.37. The fourth-order valence-electron chi connectivity index (χ4n) is 4.63. The third-order valence-electron chi connectivity index (χ3n) is 6.02. The molecular formula is C29H42O4. The molecule has 33 heavy (non-hydrogen) atoms. The van der Waals surface area contributed by atoms with Gasteiger partial charge in [0.25, 0.3) is 0 Å². The van der Waals surface area contributed by atoms with E-state index in [4.69, 9.17) is 9.47 Å². The van der Waals surface area contributed by atoms with Crippen molar-refractivity contribution in [1.29, 1.82) is 0 Å². The van der Waals surface area contributed by atoms with Crippen LogP contribution in [0.5, 0.6) is 0 Å². The molecule has 0 aromatic heterocycles. The molecule has 0 heterocycles. The normalized spacial score (nSPS) is 13.6. The highest BCUT2D eigenvalue weighted by molar-refractivity contribution is 5.99. The topological polar surface area (TPSA) is 52.6 Å². The zero-order valence-corrected chi connectivity index (χ0v) is 22.0.